The Morgan fingerprint density at radius 2 is 2.00 bits per heavy atom. The van der Waals surface area contributed by atoms with Crippen LogP contribution in [0.4, 0.5) is 0 Å². The molecule has 0 saturated carbocycles. The number of fused-ring (bicyclic) bond motifs is 1. The van der Waals surface area contributed by atoms with E-state index < -0.39 is 5.79 Å². The van der Waals surface area contributed by atoms with Crippen molar-refractivity contribution in [3.8, 4) is 17.2 Å². The monoisotopic (exact) mass is 208 g/mol. The summed E-state index contributed by atoms with van der Waals surface area (Å²) in [4.78, 5) is 0. The normalized spacial score (nSPS) is 16.5. The third-order valence-corrected chi connectivity index (χ3v) is 2.17. The molecule has 0 unspecified atom stereocenters. The highest BCUT2D eigenvalue weighted by Crippen LogP contribution is 2.46. The molecule has 3 heteroatoms. The molecule has 3 nitrogen and oxygen atoms in total. The predicted molar refractivity (Wildman–Crippen MR) is 57.7 cm³/mol. The maximum atomic E-state index is 5.69. The summed E-state index contributed by atoms with van der Waals surface area (Å²) in [5.41, 5.74) is 1.11. The first-order valence-electron chi connectivity index (χ1n) is 5.17. The molecule has 2 rings (SSSR count). The summed E-state index contributed by atoms with van der Waals surface area (Å²) in [6.45, 7) is 8.36. The van der Waals surface area contributed by atoms with Crippen molar-refractivity contribution in [1.29, 1.82) is 0 Å². The summed E-state index contributed by atoms with van der Waals surface area (Å²) in [6, 6.07) is 3.93. The minimum Gasteiger partial charge on any atom is -0.490 e. The molecule has 15 heavy (non-hydrogen) atoms. The fourth-order valence-corrected chi connectivity index (χ4v) is 1.68. The lowest BCUT2D eigenvalue weighted by atomic mass is 10.2. The molecule has 0 atom stereocenters. The second-order valence-electron chi connectivity index (χ2n) is 4.13. The second kappa shape index (κ2) is 3.33. The molecule has 0 N–H and O–H groups in total. The van der Waals surface area contributed by atoms with E-state index in [1.165, 1.54) is 0 Å². The van der Waals surface area contributed by atoms with Gasteiger partial charge in [0.15, 0.2) is 11.5 Å². The molecule has 1 aromatic rings. The third kappa shape index (κ3) is 1.87. The molecule has 1 heterocycles. The van der Waals surface area contributed by atoms with E-state index in [0.29, 0.717) is 12.4 Å². The van der Waals surface area contributed by atoms with Crippen LogP contribution in [0.15, 0.2) is 12.1 Å². The summed E-state index contributed by atoms with van der Waals surface area (Å²) in [6.07, 6.45) is 0. The summed E-state index contributed by atoms with van der Waals surface area (Å²) in [5.74, 6) is 1.65. The number of ether oxygens (including phenoxy) is 3. The molecule has 0 fully saturated rings. The Morgan fingerprint density at radius 1 is 1.27 bits per heavy atom. The molecule has 1 aliphatic rings. The molecular weight excluding hydrogens is 192 g/mol. The Hall–Kier alpha value is -1.38. The van der Waals surface area contributed by atoms with E-state index in [1.54, 1.807) is 0 Å². The lowest BCUT2D eigenvalue weighted by Gasteiger charge is -2.16. The molecule has 0 bridgehead atoms. The fourth-order valence-electron chi connectivity index (χ4n) is 1.68. The molecule has 0 spiro atoms. The van der Waals surface area contributed by atoms with Crippen molar-refractivity contribution in [1.82, 2.24) is 0 Å². The largest absolute Gasteiger partial charge is 0.490 e. The van der Waals surface area contributed by atoms with Crippen LogP contribution in [0.3, 0.4) is 0 Å². The van der Waals surface area contributed by atoms with Crippen LogP contribution in [0.25, 0.3) is 0 Å². The molecule has 0 aromatic heterocycles. The highest BCUT2D eigenvalue weighted by molar-refractivity contribution is 5.55. The number of benzene rings is 1. The van der Waals surface area contributed by atoms with E-state index in [4.69, 9.17) is 14.2 Å². The molecule has 1 aromatic carbocycles. The van der Waals surface area contributed by atoms with Crippen LogP contribution in [0, 0.1) is 6.92 Å². The zero-order chi connectivity index (χ0) is 11.1. The molecule has 0 aliphatic carbocycles. The molecule has 0 radical (unpaired) electrons. The van der Waals surface area contributed by atoms with Gasteiger partial charge in [0.05, 0.1) is 6.61 Å². The van der Waals surface area contributed by atoms with Gasteiger partial charge in [0.1, 0.15) is 0 Å². The Morgan fingerprint density at radius 3 is 2.67 bits per heavy atom. The van der Waals surface area contributed by atoms with Gasteiger partial charge >= 0.3 is 0 Å². The van der Waals surface area contributed by atoms with Crippen molar-refractivity contribution in [3.05, 3.63) is 17.7 Å². The molecule has 1 aliphatic heterocycles. The van der Waals surface area contributed by atoms with E-state index in [2.05, 4.69) is 0 Å². The first kappa shape index (κ1) is 10.1. The maximum absolute atomic E-state index is 5.69. The van der Waals surface area contributed by atoms with Gasteiger partial charge < -0.3 is 14.2 Å². The van der Waals surface area contributed by atoms with Gasteiger partial charge in [-0.1, -0.05) is 0 Å². The quantitative estimate of drug-likeness (QED) is 0.748. The number of hydrogen-bond donors (Lipinski definition) is 0. The van der Waals surface area contributed by atoms with Crippen LogP contribution in [0.2, 0.25) is 0 Å². The first-order valence-corrected chi connectivity index (χ1v) is 5.17. The third-order valence-electron chi connectivity index (χ3n) is 2.17. The van der Waals surface area contributed by atoms with Gasteiger partial charge in [-0.3, -0.25) is 0 Å². The van der Waals surface area contributed by atoms with Gasteiger partial charge in [0.2, 0.25) is 11.5 Å². The number of rotatable bonds is 2. The van der Waals surface area contributed by atoms with Crippen molar-refractivity contribution in [2.24, 2.45) is 0 Å². The zero-order valence-corrected chi connectivity index (χ0v) is 9.59. The van der Waals surface area contributed by atoms with E-state index in [0.717, 1.165) is 17.1 Å². The van der Waals surface area contributed by atoms with Gasteiger partial charge in [0.25, 0.3) is 0 Å². The molecular formula is C12H16O3. The van der Waals surface area contributed by atoms with Crippen LogP contribution in [0.5, 0.6) is 17.2 Å². The van der Waals surface area contributed by atoms with Gasteiger partial charge in [-0.15, -0.1) is 0 Å². The average Bonchev–Trinajstić information content (AvgIpc) is 2.40. The van der Waals surface area contributed by atoms with Crippen molar-refractivity contribution in [3.63, 3.8) is 0 Å². The van der Waals surface area contributed by atoms with Crippen molar-refractivity contribution in [2.45, 2.75) is 33.5 Å². The Balaban J connectivity index is 2.43. The fraction of sp³-hybridized carbons (Fsp3) is 0.500. The van der Waals surface area contributed by atoms with Crippen LogP contribution in [-0.2, 0) is 0 Å². The highest BCUT2D eigenvalue weighted by atomic mass is 16.7. The maximum Gasteiger partial charge on any atom is 0.246 e. The van der Waals surface area contributed by atoms with E-state index in [9.17, 15) is 0 Å². The SMILES string of the molecule is CCOc1cc(C)cc2c1OC(C)(C)O2. The first-order chi connectivity index (χ1) is 7.02. The standard InChI is InChI=1S/C12H16O3/c1-5-13-9-6-8(2)7-10-11(9)15-12(3,4)14-10/h6-7H,5H2,1-4H3. The van der Waals surface area contributed by atoms with Gasteiger partial charge in [-0.05, 0) is 31.5 Å². The Kier molecular flexibility index (Phi) is 2.25. The zero-order valence-electron chi connectivity index (χ0n) is 9.59. The van der Waals surface area contributed by atoms with Crippen LogP contribution < -0.4 is 14.2 Å². The lowest BCUT2D eigenvalue weighted by molar-refractivity contribution is -0.0440. The average molecular weight is 208 g/mol. The van der Waals surface area contributed by atoms with Crippen LogP contribution in [0.1, 0.15) is 26.3 Å². The summed E-state index contributed by atoms with van der Waals surface area (Å²) >= 11 is 0. The molecule has 82 valence electrons. The van der Waals surface area contributed by atoms with Gasteiger partial charge in [0, 0.05) is 13.8 Å². The summed E-state index contributed by atoms with van der Waals surface area (Å²) in [5, 5.41) is 0. The van der Waals surface area contributed by atoms with Crippen LogP contribution >= 0.6 is 0 Å². The Bertz CT molecular complexity index is 383. The van der Waals surface area contributed by atoms with E-state index >= 15 is 0 Å². The Labute approximate surface area is 90.0 Å². The van der Waals surface area contributed by atoms with E-state index in [-0.39, 0.29) is 0 Å². The minimum atomic E-state index is -0.595. The summed E-state index contributed by atoms with van der Waals surface area (Å²) < 4.78 is 16.9. The number of aryl methyl sites for hydroxylation is 1. The van der Waals surface area contributed by atoms with Gasteiger partial charge in [-0.25, -0.2) is 0 Å². The van der Waals surface area contributed by atoms with E-state index in [1.807, 2.05) is 39.8 Å². The molecule has 0 saturated heterocycles. The topological polar surface area (TPSA) is 27.7 Å². The lowest BCUT2D eigenvalue weighted by Crippen LogP contribution is -2.29. The van der Waals surface area contributed by atoms with Crippen molar-refractivity contribution < 1.29 is 14.2 Å². The molecule has 0 amide bonds. The van der Waals surface area contributed by atoms with Crippen LogP contribution in [-0.4, -0.2) is 12.4 Å². The predicted octanol–water partition coefficient (Wildman–Crippen LogP) is 2.90. The number of hydrogen-bond acceptors (Lipinski definition) is 3. The smallest absolute Gasteiger partial charge is 0.246 e. The van der Waals surface area contributed by atoms with Crippen molar-refractivity contribution >= 4 is 0 Å². The highest BCUT2D eigenvalue weighted by Gasteiger charge is 2.34. The van der Waals surface area contributed by atoms with Crippen molar-refractivity contribution in [2.75, 3.05) is 6.61 Å². The minimum absolute atomic E-state index is 0.595. The second-order valence-corrected chi connectivity index (χ2v) is 4.13. The summed E-state index contributed by atoms with van der Waals surface area (Å²) in [7, 11) is 0. The van der Waals surface area contributed by atoms with Gasteiger partial charge in [-0.2, -0.15) is 0 Å².